The maximum absolute atomic E-state index is 13.2. The van der Waals surface area contributed by atoms with Crippen LogP contribution in [0.3, 0.4) is 0 Å². The van der Waals surface area contributed by atoms with Crippen LogP contribution in [0.4, 0.5) is 0 Å². The van der Waals surface area contributed by atoms with Gasteiger partial charge in [0.15, 0.2) is 0 Å². The lowest BCUT2D eigenvalue weighted by atomic mass is 9.92. The molecule has 1 aliphatic heterocycles. The number of carboxylic acids is 1. The van der Waals surface area contributed by atoms with Crippen LogP contribution in [-0.2, 0) is 25.5 Å². The van der Waals surface area contributed by atoms with E-state index in [1.807, 2.05) is 30.3 Å². The largest absolute Gasteiger partial charge is 0.480 e. The highest BCUT2D eigenvalue weighted by Gasteiger charge is 2.44. The van der Waals surface area contributed by atoms with E-state index in [0.29, 0.717) is 44.8 Å². The molecule has 1 aromatic carbocycles. The predicted octanol–water partition coefficient (Wildman–Crippen LogP) is 2.73. The van der Waals surface area contributed by atoms with Gasteiger partial charge in [0, 0.05) is 13.2 Å². The lowest BCUT2D eigenvalue weighted by Crippen LogP contribution is -2.61. The predicted molar refractivity (Wildman–Crippen MR) is 125 cm³/mol. The quantitative estimate of drug-likeness (QED) is 0.400. The van der Waals surface area contributed by atoms with Gasteiger partial charge in [-0.15, -0.1) is 0 Å². The van der Waals surface area contributed by atoms with Gasteiger partial charge in [-0.3, -0.25) is 9.59 Å². The van der Waals surface area contributed by atoms with Crippen molar-refractivity contribution in [2.75, 3.05) is 13.2 Å². The Morgan fingerprint density at radius 2 is 1.78 bits per heavy atom. The fraction of sp³-hybridized carbons (Fsp3) is 0.625. The normalized spacial score (nSPS) is 20.3. The van der Waals surface area contributed by atoms with Crippen LogP contribution in [0.2, 0.25) is 0 Å². The number of carbonyl (C=O) groups is 3. The second-order valence-electron chi connectivity index (χ2n) is 8.97. The highest BCUT2D eigenvalue weighted by Crippen LogP contribution is 2.31. The first kappa shape index (κ1) is 24.6. The molecule has 2 aliphatic rings. The third-order valence-corrected chi connectivity index (χ3v) is 7.07. The summed E-state index contributed by atoms with van der Waals surface area (Å²) in [5.41, 5.74) is -0.0447. The Balaban J connectivity index is 1.60. The SMILES string of the molecule is O=C(NC1(C(=O)N[C@H](CCc2ccccc2)C(=O)O)CCCC1)[C@@H](S)CC1CCOCC1. The van der Waals surface area contributed by atoms with Crippen molar-refractivity contribution in [3.8, 4) is 0 Å². The van der Waals surface area contributed by atoms with Crippen molar-refractivity contribution in [2.45, 2.75) is 74.6 Å². The molecule has 0 unspecified atom stereocenters. The van der Waals surface area contributed by atoms with E-state index in [0.717, 1.165) is 31.2 Å². The minimum atomic E-state index is -1.07. The van der Waals surface area contributed by atoms with Crippen molar-refractivity contribution in [1.82, 2.24) is 10.6 Å². The molecule has 2 atom stereocenters. The number of benzene rings is 1. The van der Waals surface area contributed by atoms with E-state index in [1.54, 1.807) is 0 Å². The number of ether oxygens (including phenoxy) is 1. The van der Waals surface area contributed by atoms with E-state index < -0.39 is 28.7 Å². The van der Waals surface area contributed by atoms with Gasteiger partial charge in [0.1, 0.15) is 11.6 Å². The molecule has 2 fully saturated rings. The molecule has 0 aromatic heterocycles. The molecule has 3 N–H and O–H groups in total. The Morgan fingerprint density at radius 3 is 2.41 bits per heavy atom. The Labute approximate surface area is 195 Å². The standard InChI is InChI=1S/C24H34N2O5S/c27-21(20(32)16-18-10-14-31-15-11-18)26-24(12-4-5-13-24)23(30)25-19(22(28)29)9-8-17-6-2-1-3-7-17/h1-3,6-7,18-20,32H,4-5,8-16H2,(H,25,30)(H,26,27)(H,28,29)/t19-,20+/m1/s1. The number of nitrogens with one attached hydrogen (secondary N) is 2. The highest BCUT2D eigenvalue weighted by atomic mass is 32.1. The van der Waals surface area contributed by atoms with E-state index >= 15 is 0 Å². The molecule has 8 heteroatoms. The van der Waals surface area contributed by atoms with Crippen LogP contribution in [0.25, 0.3) is 0 Å². The first-order valence-corrected chi connectivity index (χ1v) is 12.1. The van der Waals surface area contributed by atoms with Crippen molar-refractivity contribution < 1.29 is 24.2 Å². The van der Waals surface area contributed by atoms with E-state index in [1.165, 1.54) is 0 Å². The average Bonchev–Trinajstić information content (AvgIpc) is 3.27. The Bertz CT molecular complexity index is 776. The Morgan fingerprint density at radius 1 is 1.12 bits per heavy atom. The van der Waals surface area contributed by atoms with Crippen molar-refractivity contribution >= 4 is 30.4 Å². The van der Waals surface area contributed by atoms with Crippen molar-refractivity contribution in [3.05, 3.63) is 35.9 Å². The van der Waals surface area contributed by atoms with Crippen LogP contribution in [0.5, 0.6) is 0 Å². The van der Waals surface area contributed by atoms with Crippen molar-refractivity contribution in [3.63, 3.8) is 0 Å². The molecule has 1 heterocycles. The molecule has 1 aliphatic carbocycles. The third kappa shape index (κ3) is 6.72. The monoisotopic (exact) mass is 462 g/mol. The van der Waals surface area contributed by atoms with Crippen LogP contribution in [0, 0.1) is 5.92 Å². The third-order valence-electron chi connectivity index (χ3n) is 6.62. The lowest BCUT2D eigenvalue weighted by molar-refractivity contribution is -0.143. The van der Waals surface area contributed by atoms with Gasteiger partial charge in [0.25, 0.3) is 0 Å². The summed E-state index contributed by atoms with van der Waals surface area (Å²) in [6.45, 7) is 1.41. The molecule has 176 valence electrons. The van der Waals surface area contributed by atoms with Crippen LogP contribution in [-0.4, -0.2) is 52.9 Å². The molecule has 0 spiro atoms. The number of aliphatic carboxylic acids is 1. The summed E-state index contributed by atoms with van der Waals surface area (Å²) in [6, 6.07) is 8.58. The number of rotatable bonds is 10. The maximum Gasteiger partial charge on any atom is 0.326 e. The number of hydrogen-bond donors (Lipinski definition) is 4. The van der Waals surface area contributed by atoms with Crippen LogP contribution in [0.1, 0.15) is 56.9 Å². The molecule has 1 saturated carbocycles. The molecular formula is C24H34N2O5S. The van der Waals surface area contributed by atoms with Crippen molar-refractivity contribution in [2.24, 2.45) is 5.92 Å². The van der Waals surface area contributed by atoms with Gasteiger partial charge < -0.3 is 20.5 Å². The fourth-order valence-corrected chi connectivity index (χ4v) is 4.98. The average molecular weight is 463 g/mol. The minimum Gasteiger partial charge on any atom is -0.480 e. The molecular weight excluding hydrogens is 428 g/mol. The van der Waals surface area contributed by atoms with Gasteiger partial charge in [-0.25, -0.2) is 4.79 Å². The summed E-state index contributed by atoms with van der Waals surface area (Å²) in [4.78, 5) is 37.9. The summed E-state index contributed by atoms with van der Waals surface area (Å²) in [7, 11) is 0. The number of amides is 2. The summed E-state index contributed by atoms with van der Waals surface area (Å²) in [5.74, 6) is -1.34. The second-order valence-corrected chi connectivity index (χ2v) is 9.60. The van der Waals surface area contributed by atoms with E-state index in [2.05, 4.69) is 23.3 Å². The van der Waals surface area contributed by atoms with Crippen LogP contribution in [0.15, 0.2) is 30.3 Å². The van der Waals surface area contributed by atoms with Crippen LogP contribution >= 0.6 is 12.6 Å². The first-order chi connectivity index (χ1) is 15.4. The van der Waals surface area contributed by atoms with E-state index in [9.17, 15) is 19.5 Å². The summed E-state index contributed by atoms with van der Waals surface area (Å²) < 4.78 is 5.37. The molecule has 0 radical (unpaired) electrons. The van der Waals surface area contributed by atoms with Crippen molar-refractivity contribution in [1.29, 1.82) is 0 Å². The molecule has 7 nitrogen and oxygen atoms in total. The molecule has 32 heavy (non-hydrogen) atoms. The fourth-order valence-electron chi connectivity index (χ4n) is 4.62. The zero-order valence-electron chi connectivity index (χ0n) is 18.4. The number of carboxylic acid groups (broad SMARTS) is 1. The zero-order chi connectivity index (χ0) is 23.0. The van der Waals surface area contributed by atoms with Gasteiger partial charge in [-0.1, -0.05) is 43.2 Å². The molecule has 3 rings (SSSR count). The molecule has 1 saturated heterocycles. The summed E-state index contributed by atoms with van der Waals surface area (Å²) >= 11 is 4.51. The second kappa shape index (κ2) is 11.7. The van der Waals surface area contributed by atoms with Gasteiger partial charge >= 0.3 is 5.97 Å². The van der Waals surface area contributed by atoms with Gasteiger partial charge in [0.05, 0.1) is 5.25 Å². The Kier molecular flexibility index (Phi) is 8.99. The molecule has 1 aromatic rings. The Hall–Kier alpha value is -2.06. The van der Waals surface area contributed by atoms with E-state index in [4.69, 9.17) is 4.74 Å². The summed E-state index contributed by atoms with van der Waals surface area (Å²) in [5, 5.41) is 14.8. The molecule has 0 bridgehead atoms. The number of aryl methyl sites for hydroxylation is 1. The highest BCUT2D eigenvalue weighted by molar-refractivity contribution is 7.81. The number of carbonyl (C=O) groups excluding carboxylic acids is 2. The topological polar surface area (TPSA) is 105 Å². The first-order valence-electron chi connectivity index (χ1n) is 11.6. The smallest absolute Gasteiger partial charge is 0.326 e. The summed E-state index contributed by atoms with van der Waals surface area (Å²) in [6.07, 6.45) is 5.94. The minimum absolute atomic E-state index is 0.256. The van der Waals surface area contributed by atoms with Gasteiger partial charge in [0.2, 0.25) is 11.8 Å². The van der Waals surface area contributed by atoms with Gasteiger partial charge in [-0.2, -0.15) is 12.6 Å². The maximum atomic E-state index is 13.2. The molecule has 2 amide bonds. The number of hydrogen-bond acceptors (Lipinski definition) is 5. The van der Waals surface area contributed by atoms with E-state index in [-0.39, 0.29) is 12.3 Å². The zero-order valence-corrected chi connectivity index (χ0v) is 19.3. The lowest BCUT2D eigenvalue weighted by Gasteiger charge is -2.32. The van der Waals surface area contributed by atoms with Crippen LogP contribution < -0.4 is 10.6 Å². The van der Waals surface area contributed by atoms with Gasteiger partial charge in [-0.05, 0) is 56.4 Å². The number of thiol groups is 1.